The number of rotatable bonds is 8. The summed E-state index contributed by atoms with van der Waals surface area (Å²) in [5, 5.41) is 2.51. The number of ether oxygens (including phenoxy) is 1. The van der Waals surface area contributed by atoms with Crippen molar-refractivity contribution in [2.24, 2.45) is 0 Å². The maximum absolute atomic E-state index is 13.2. The van der Waals surface area contributed by atoms with E-state index in [1.54, 1.807) is 24.3 Å². The van der Waals surface area contributed by atoms with Crippen molar-refractivity contribution >= 4 is 21.6 Å². The van der Waals surface area contributed by atoms with Crippen molar-refractivity contribution < 1.29 is 17.9 Å². The predicted octanol–water partition coefficient (Wildman–Crippen LogP) is 2.44. The summed E-state index contributed by atoms with van der Waals surface area (Å²) in [4.78, 5) is 12.1. The summed E-state index contributed by atoms with van der Waals surface area (Å²) in [6.45, 7) is 3.73. The molecule has 0 spiro atoms. The zero-order valence-corrected chi connectivity index (χ0v) is 15.7. The monoisotopic (exact) mass is 384 g/mol. The fourth-order valence-electron chi connectivity index (χ4n) is 2.44. The number of hydrogen-bond donors (Lipinski definition) is 1. The number of nitrogens with zero attached hydrogens (tertiary/aromatic N) is 1. The van der Waals surface area contributed by atoms with E-state index in [0.29, 0.717) is 11.4 Å². The van der Waals surface area contributed by atoms with Crippen molar-refractivity contribution in [3.63, 3.8) is 0 Å². The summed E-state index contributed by atoms with van der Waals surface area (Å²) in [5.41, 5.74) is 0.576. The summed E-state index contributed by atoms with van der Waals surface area (Å²) < 4.78 is 32.9. The number of methoxy groups -OCH3 is 1. The zero-order valence-electron chi connectivity index (χ0n) is 14.9. The van der Waals surface area contributed by atoms with E-state index in [4.69, 9.17) is 11.2 Å². The average Bonchev–Trinajstić information content (AvgIpc) is 2.70. The second kappa shape index (κ2) is 8.92. The Hall–Kier alpha value is -3.24. The van der Waals surface area contributed by atoms with E-state index < -0.39 is 15.9 Å². The molecule has 0 heterocycles. The van der Waals surface area contributed by atoms with Gasteiger partial charge in [0.2, 0.25) is 0 Å². The largest absolute Gasteiger partial charge is 0.495 e. The van der Waals surface area contributed by atoms with Gasteiger partial charge in [-0.05, 0) is 30.3 Å². The van der Waals surface area contributed by atoms with Crippen LogP contribution < -0.4 is 14.4 Å². The molecule has 6 nitrogen and oxygen atoms in total. The molecule has 140 valence electrons. The number of terminal acetylenes is 1. The molecule has 0 fully saturated rings. The molecule has 2 rings (SSSR count). The molecule has 0 aliphatic carbocycles. The van der Waals surface area contributed by atoms with Crippen LogP contribution in [-0.4, -0.2) is 34.5 Å². The first kappa shape index (κ1) is 20.1. The number of nitrogens with one attached hydrogen (secondary N) is 1. The Labute approximate surface area is 159 Å². The molecular weight excluding hydrogens is 364 g/mol. The molecule has 1 N–H and O–H groups in total. The van der Waals surface area contributed by atoms with E-state index >= 15 is 0 Å². The van der Waals surface area contributed by atoms with Gasteiger partial charge in [0.15, 0.2) is 0 Å². The van der Waals surface area contributed by atoms with Gasteiger partial charge in [0.1, 0.15) is 5.75 Å². The molecule has 0 atom stereocenters. The lowest BCUT2D eigenvalue weighted by Crippen LogP contribution is -2.32. The lowest BCUT2D eigenvalue weighted by atomic mass is 10.2. The van der Waals surface area contributed by atoms with E-state index in [2.05, 4.69) is 17.8 Å². The van der Waals surface area contributed by atoms with Crippen molar-refractivity contribution in [3.05, 3.63) is 66.7 Å². The van der Waals surface area contributed by atoms with Gasteiger partial charge in [-0.2, -0.15) is 0 Å². The maximum atomic E-state index is 13.2. The lowest BCUT2D eigenvalue weighted by Gasteiger charge is -2.25. The molecule has 0 saturated carbocycles. The molecule has 0 saturated heterocycles. The number of anilines is 1. The second-order valence-corrected chi connectivity index (χ2v) is 7.27. The molecule has 0 radical (unpaired) electrons. The van der Waals surface area contributed by atoms with Gasteiger partial charge in [0.25, 0.3) is 15.9 Å². The summed E-state index contributed by atoms with van der Waals surface area (Å²) in [6.07, 6.45) is 6.61. The average molecular weight is 384 g/mol. The van der Waals surface area contributed by atoms with Gasteiger partial charge < -0.3 is 10.1 Å². The molecule has 2 aromatic carbocycles. The van der Waals surface area contributed by atoms with Gasteiger partial charge >= 0.3 is 0 Å². The van der Waals surface area contributed by atoms with Crippen LogP contribution in [-0.2, 0) is 10.0 Å². The minimum absolute atomic E-state index is 0.0244. The highest BCUT2D eigenvalue weighted by atomic mass is 32.2. The Kier molecular flexibility index (Phi) is 6.63. The molecule has 1 amide bonds. The fraction of sp³-hybridized carbons (Fsp3) is 0.150. The Bertz CT molecular complexity index is 977. The standard InChI is InChI=1S/C20H20N2O4S/c1-4-13-21-20(23)16-9-8-10-17(15-16)27(24,25)22(14-5-2)18-11-6-7-12-19(18)26-3/h1,5-12,15H,2,13-14H2,3H3,(H,21,23). The molecule has 0 unspecified atom stereocenters. The highest BCUT2D eigenvalue weighted by molar-refractivity contribution is 7.92. The molecule has 2 aromatic rings. The number of amides is 1. The third kappa shape index (κ3) is 4.49. The van der Waals surface area contributed by atoms with Crippen LogP contribution in [0.3, 0.4) is 0 Å². The Balaban J connectivity index is 2.50. The summed E-state index contributed by atoms with van der Waals surface area (Å²) in [5.74, 6) is 2.26. The van der Waals surface area contributed by atoms with Gasteiger partial charge in [-0.15, -0.1) is 13.0 Å². The molecule has 0 bridgehead atoms. The topological polar surface area (TPSA) is 75.7 Å². The van der Waals surface area contributed by atoms with E-state index in [1.807, 2.05) is 0 Å². The quantitative estimate of drug-likeness (QED) is 0.560. The van der Waals surface area contributed by atoms with Gasteiger partial charge in [0.05, 0.1) is 30.8 Å². The molecule has 27 heavy (non-hydrogen) atoms. The molecule has 7 heteroatoms. The molecule has 0 aliphatic rings. The third-order valence-electron chi connectivity index (χ3n) is 3.68. The SMILES string of the molecule is C#CCNC(=O)c1cccc(S(=O)(=O)N(CC=C)c2ccccc2OC)c1. The minimum Gasteiger partial charge on any atom is -0.495 e. The van der Waals surface area contributed by atoms with Crippen LogP contribution >= 0.6 is 0 Å². The van der Waals surface area contributed by atoms with Crippen molar-refractivity contribution in [2.45, 2.75) is 4.90 Å². The molecule has 0 aromatic heterocycles. The van der Waals surface area contributed by atoms with Crippen LogP contribution in [0, 0.1) is 12.3 Å². The van der Waals surface area contributed by atoms with Crippen molar-refractivity contribution in [3.8, 4) is 18.1 Å². The lowest BCUT2D eigenvalue weighted by molar-refractivity contribution is 0.0958. The maximum Gasteiger partial charge on any atom is 0.264 e. The van der Waals surface area contributed by atoms with Crippen molar-refractivity contribution in [1.29, 1.82) is 0 Å². The smallest absolute Gasteiger partial charge is 0.264 e. The number of sulfonamides is 1. The van der Waals surface area contributed by atoms with Gasteiger partial charge in [0, 0.05) is 5.56 Å². The van der Waals surface area contributed by atoms with Gasteiger partial charge in [-0.3, -0.25) is 9.10 Å². The number of para-hydroxylation sites is 2. The summed E-state index contributed by atoms with van der Waals surface area (Å²) in [6, 6.07) is 12.5. The van der Waals surface area contributed by atoms with Crippen LogP contribution in [0.1, 0.15) is 10.4 Å². The summed E-state index contributed by atoms with van der Waals surface area (Å²) >= 11 is 0. The molecular formula is C20H20N2O4S. The van der Waals surface area contributed by atoms with Crippen LogP contribution in [0.4, 0.5) is 5.69 Å². The van der Waals surface area contributed by atoms with Gasteiger partial charge in [-0.1, -0.05) is 30.2 Å². The number of carbonyl (C=O) groups excluding carboxylic acids is 1. The minimum atomic E-state index is -3.96. The third-order valence-corrected chi connectivity index (χ3v) is 5.46. The first-order valence-corrected chi connectivity index (χ1v) is 9.48. The van der Waals surface area contributed by atoms with Crippen LogP contribution in [0.5, 0.6) is 5.75 Å². The first-order valence-electron chi connectivity index (χ1n) is 8.04. The van der Waals surface area contributed by atoms with E-state index in [0.717, 1.165) is 0 Å². The number of carbonyl (C=O) groups is 1. The normalized spacial score (nSPS) is 10.5. The Morgan fingerprint density at radius 1 is 1.30 bits per heavy atom. The zero-order chi connectivity index (χ0) is 19.9. The van der Waals surface area contributed by atoms with E-state index in [-0.39, 0.29) is 23.5 Å². The van der Waals surface area contributed by atoms with E-state index in [1.165, 1.54) is 41.8 Å². The van der Waals surface area contributed by atoms with Crippen molar-refractivity contribution in [2.75, 3.05) is 24.5 Å². The number of benzene rings is 2. The van der Waals surface area contributed by atoms with Crippen LogP contribution in [0.15, 0.2) is 66.1 Å². The summed E-state index contributed by atoms with van der Waals surface area (Å²) in [7, 11) is -2.50. The van der Waals surface area contributed by atoms with Crippen LogP contribution in [0.2, 0.25) is 0 Å². The second-order valence-electron chi connectivity index (χ2n) is 5.41. The van der Waals surface area contributed by atoms with Crippen molar-refractivity contribution in [1.82, 2.24) is 5.32 Å². The molecule has 0 aliphatic heterocycles. The predicted molar refractivity (Wildman–Crippen MR) is 105 cm³/mol. The number of hydrogen-bond acceptors (Lipinski definition) is 4. The fourth-order valence-corrected chi connectivity index (χ4v) is 3.93. The highest BCUT2D eigenvalue weighted by Crippen LogP contribution is 2.32. The van der Waals surface area contributed by atoms with E-state index in [9.17, 15) is 13.2 Å². The Morgan fingerprint density at radius 3 is 2.70 bits per heavy atom. The van der Waals surface area contributed by atoms with Crippen LogP contribution in [0.25, 0.3) is 0 Å². The Morgan fingerprint density at radius 2 is 2.04 bits per heavy atom. The first-order chi connectivity index (χ1) is 13.0. The van der Waals surface area contributed by atoms with Gasteiger partial charge in [-0.25, -0.2) is 8.42 Å². The highest BCUT2D eigenvalue weighted by Gasteiger charge is 2.27.